The molecule has 0 unspecified atom stereocenters. The molecule has 0 fully saturated rings. The van der Waals surface area contributed by atoms with E-state index < -0.39 is 71.0 Å². The molecular weight excluding hydrogens is 1280 g/mol. The zero-order valence-electron chi connectivity index (χ0n) is 49.0. The third-order valence-corrected chi connectivity index (χ3v) is 13.1. The van der Waals surface area contributed by atoms with Crippen LogP contribution in [0.25, 0.3) is 33.4 Å². The van der Waals surface area contributed by atoms with Gasteiger partial charge in [-0.15, -0.1) is 0 Å². The van der Waals surface area contributed by atoms with E-state index in [0.717, 1.165) is 33.8 Å². The molecule has 9 aromatic carbocycles. The number of rotatable bonds is 4. The first kappa shape index (κ1) is 75.1. The van der Waals surface area contributed by atoms with Gasteiger partial charge in [-0.3, -0.25) is 0 Å². The number of aromatic hydroxyl groups is 2. The summed E-state index contributed by atoms with van der Waals surface area (Å²) in [6, 6.07) is 36.3. The van der Waals surface area contributed by atoms with Gasteiger partial charge in [-0.25, -0.2) is 43.9 Å². The maximum atomic E-state index is 13.7. The van der Waals surface area contributed by atoms with Crippen molar-refractivity contribution >= 4 is 44.4 Å². The number of nitrogens with zero attached hydrogens (tertiary/aromatic N) is 4. The van der Waals surface area contributed by atoms with Crippen LogP contribution in [-0.4, -0.2) is 55.6 Å². The highest BCUT2D eigenvalue weighted by Gasteiger charge is 2.17. The Morgan fingerprint density at radius 2 is 0.678 bits per heavy atom. The van der Waals surface area contributed by atoms with Gasteiger partial charge in [0.2, 0.25) is 5.82 Å². The number of hydrogen-bond donors (Lipinski definition) is 4. The molecule has 0 radical (unpaired) electrons. The molecule has 0 saturated carbocycles. The highest BCUT2D eigenvalue weighted by Crippen LogP contribution is 2.31. The van der Waals surface area contributed by atoms with E-state index in [2.05, 4.69) is 52.3 Å². The van der Waals surface area contributed by atoms with Crippen LogP contribution in [0.2, 0.25) is 0 Å². The zero-order valence-corrected chi connectivity index (χ0v) is 52.2. The minimum atomic E-state index is -1.35. The Morgan fingerprint density at radius 3 is 1.06 bits per heavy atom. The van der Waals surface area contributed by atoms with Crippen molar-refractivity contribution in [1.29, 1.82) is 0 Å². The van der Waals surface area contributed by atoms with E-state index in [1.165, 1.54) is 85.8 Å². The Labute approximate surface area is 515 Å². The fraction of sp³-hybridized carbons (Fsp3) is 0.169. The lowest BCUT2D eigenvalue weighted by atomic mass is 9.76. The molecule has 8 nitrogen and oxygen atoms in total. The number of aryl methyl sites for hydroxylation is 6. The summed E-state index contributed by atoms with van der Waals surface area (Å²) in [4.78, 5) is 0. The third-order valence-electron chi connectivity index (χ3n) is 12.1. The Balaban J connectivity index is 0.000000352. The molecule has 0 aliphatic carbocycles. The predicted molar refractivity (Wildman–Crippen MR) is 330 cm³/mol. The monoisotopic (exact) mass is 1340 g/mol. The van der Waals surface area contributed by atoms with Gasteiger partial charge in [0.25, 0.3) is 0 Å². The zero-order chi connectivity index (χ0) is 65.8. The van der Waals surface area contributed by atoms with Crippen molar-refractivity contribution in [2.75, 3.05) is 28.2 Å². The lowest BCUT2D eigenvalue weighted by Gasteiger charge is -2.07. The first-order chi connectivity index (χ1) is 40.9. The largest absolute Gasteiger partial charge is 0.505 e. The molecule has 0 aliphatic rings. The molecule has 9 aromatic rings. The molecule has 0 saturated heterocycles. The quantitative estimate of drug-likeness (QED) is 0.0794. The normalized spacial score (nSPS) is 10.2. The van der Waals surface area contributed by atoms with Gasteiger partial charge in [-0.2, -0.15) is 24.8 Å². The summed E-state index contributed by atoms with van der Waals surface area (Å²) in [6.45, 7) is 11.9. The van der Waals surface area contributed by atoms with E-state index in [1.807, 2.05) is 32.0 Å². The SMILES string of the molecule is CN=NC.CN=NC.Cc1ccc(-c2ccc(C)c(F)c2F)cc1F.Cc1ccc(-c2ccc(O)c(F)c2F)cc1F.Cc1ccc(-c2cccc(F)c2F)cc1F.Cc1ccc(Br)cc1F.Cc1cccc(B(O)O)c1C.Oc1ccc(Br)cc1F. The van der Waals surface area contributed by atoms with Gasteiger partial charge < -0.3 is 20.3 Å². The molecule has 87 heavy (non-hydrogen) atoms. The standard InChI is InChI=1S/C14H11F3.C13H9F3O.C13H9F3.C8H11BO2.C7H6BrF.C6H4BrFO.2C2H6N2/c1-8-3-5-10(7-12(8)15)11-6-4-9(2)13(16)14(11)17;1-7-2-3-8(6-10(7)14)9-4-5-11(17)13(16)12(9)15;1-8-5-6-9(7-12(8)15)10-3-2-4-11(14)13(10)16;1-6-4-3-5-8(7(6)2)9(10)11;1-5-2-3-6(8)4-7(5)9;7-4-1-2-6(9)5(8)3-4;2*1-3-4-2/h3-7H,1-2H3;2-6,17H,1H3;2-7H,1H3;3-5,10-11H,1-2H3;2-4H,1H3;1-3,9H;2*1-2H3. The minimum absolute atomic E-state index is 0.0684. The lowest BCUT2D eigenvalue weighted by Crippen LogP contribution is -2.32. The van der Waals surface area contributed by atoms with E-state index in [0.29, 0.717) is 43.3 Å². The van der Waals surface area contributed by atoms with E-state index in [9.17, 15) is 48.3 Å². The first-order valence-corrected chi connectivity index (χ1v) is 27.2. The first-order valence-electron chi connectivity index (χ1n) is 25.6. The van der Waals surface area contributed by atoms with Crippen LogP contribution in [0, 0.1) is 112 Å². The Kier molecular flexibility index (Phi) is 32.4. The van der Waals surface area contributed by atoms with E-state index in [4.69, 9.17) is 20.3 Å². The van der Waals surface area contributed by atoms with Crippen LogP contribution in [0.5, 0.6) is 11.5 Å². The van der Waals surface area contributed by atoms with Gasteiger partial charge in [0.1, 0.15) is 23.3 Å². The molecule has 4 N–H and O–H groups in total. The maximum Gasteiger partial charge on any atom is 0.488 e. The number of phenols is 2. The van der Waals surface area contributed by atoms with Crippen LogP contribution in [0.4, 0.5) is 48.3 Å². The number of halogens is 13. The summed E-state index contributed by atoms with van der Waals surface area (Å²) in [5.74, 6) is -9.43. The number of phenolic OH excluding ortho intramolecular Hbond substituents is 2. The van der Waals surface area contributed by atoms with Crippen LogP contribution in [0.15, 0.2) is 181 Å². The fourth-order valence-corrected chi connectivity index (χ4v) is 7.41. The molecule has 0 amide bonds. The second kappa shape index (κ2) is 37.5. The molecule has 0 aromatic heterocycles. The average Bonchev–Trinajstić information content (AvgIpc) is 3.68. The molecule has 0 spiro atoms. The second-order valence-electron chi connectivity index (χ2n) is 18.3. The molecular formula is C65H62BBr2F11N4O4. The number of azo groups is 2. The molecule has 0 heterocycles. The topological polar surface area (TPSA) is 130 Å². The summed E-state index contributed by atoms with van der Waals surface area (Å²) < 4.78 is 146. The average molecular weight is 1340 g/mol. The van der Waals surface area contributed by atoms with Gasteiger partial charge in [-0.1, -0.05) is 117 Å². The van der Waals surface area contributed by atoms with Crippen LogP contribution < -0.4 is 5.46 Å². The van der Waals surface area contributed by atoms with Crippen molar-refractivity contribution in [1.82, 2.24) is 0 Å². The number of hydrogen-bond acceptors (Lipinski definition) is 8. The smallest absolute Gasteiger partial charge is 0.488 e. The number of benzene rings is 9. The van der Waals surface area contributed by atoms with Crippen molar-refractivity contribution < 1.29 is 68.6 Å². The Morgan fingerprint density at radius 1 is 0.322 bits per heavy atom. The lowest BCUT2D eigenvalue weighted by molar-refractivity contribution is 0.408. The van der Waals surface area contributed by atoms with Crippen molar-refractivity contribution in [2.45, 2.75) is 48.5 Å². The summed E-state index contributed by atoms with van der Waals surface area (Å²) in [6.07, 6.45) is 0. The van der Waals surface area contributed by atoms with E-state index in [1.54, 1.807) is 92.3 Å². The highest BCUT2D eigenvalue weighted by molar-refractivity contribution is 9.10. The molecule has 0 aliphatic heterocycles. The van der Waals surface area contributed by atoms with Gasteiger partial charge in [0.15, 0.2) is 46.4 Å². The second-order valence-corrected chi connectivity index (χ2v) is 20.1. The summed E-state index contributed by atoms with van der Waals surface area (Å²) in [5.41, 5.74) is 5.86. The van der Waals surface area contributed by atoms with Crippen LogP contribution in [-0.2, 0) is 0 Å². The van der Waals surface area contributed by atoms with Crippen molar-refractivity contribution in [2.24, 2.45) is 20.5 Å². The van der Waals surface area contributed by atoms with Crippen molar-refractivity contribution in [3.8, 4) is 44.9 Å². The molecule has 22 heteroatoms. The fourth-order valence-electron chi connectivity index (χ4n) is 6.74. The van der Waals surface area contributed by atoms with E-state index >= 15 is 0 Å². The Hall–Kier alpha value is -8.05. The minimum Gasteiger partial charge on any atom is -0.505 e. The van der Waals surface area contributed by atoms with Crippen LogP contribution in [0.3, 0.4) is 0 Å². The summed E-state index contributed by atoms with van der Waals surface area (Å²) >= 11 is 6.20. The van der Waals surface area contributed by atoms with Gasteiger partial charge in [0, 0.05) is 53.8 Å². The Bertz CT molecular complexity index is 3590. The van der Waals surface area contributed by atoms with Gasteiger partial charge >= 0.3 is 7.12 Å². The molecule has 0 bridgehead atoms. The maximum absolute atomic E-state index is 13.7. The van der Waals surface area contributed by atoms with Crippen LogP contribution >= 0.6 is 31.9 Å². The van der Waals surface area contributed by atoms with Crippen LogP contribution in [0.1, 0.15) is 38.9 Å². The van der Waals surface area contributed by atoms with Crippen molar-refractivity contribution in [3.63, 3.8) is 0 Å². The molecule has 9 rings (SSSR count). The van der Waals surface area contributed by atoms with Gasteiger partial charge in [0.05, 0.1) is 0 Å². The summed E-state index contributed by atoms with van der Waals surface area (Å²) in [7, 11) is 5.20. The van der Waals surface area contributed by atoms with Crippen molar-refractivity contribution in [3.05, 3.63) is 264 Å². The summed E-state index contributed by atoms with van der Waals surface area (Å²) in [5, 5.41) is 48.8. The van der Waals surface area contributed by atoms with E-state index in [-0.39, 0.29) is 39.4 Å². The third kappa shape index (κ3) is 24.0. The highest BCUT2D eigenvalue weighted by atomic mass is 79.9. The predicted octanol–water partition coefficient (Wildman–Crippen LogP) is 18.8. The van der Waals surface area contributed by atoms with Gasteiger partial charge in [-0.05, 0) is 176 Å². The molecule has 460 valence electrons. The molecule has 0 atom stereocenters.